The molecular formula is C11H14N2O6. The third kappa shape index (κ3) is 2.82. The van der Waals surface area contributed by atoms with Gasteiger partial charge in [-0.05, 0) is 6.07 Å². The highest BCUT2D eigenvalue weighted by Gasteiger charge is 2.42. The Labute approximate surface area is 108 Å². The second-order valence-electron chi connectivity index (χ2n) is 4.21. The number of nitro groups is 1. The summed E-state index contributed by atoms with van der Waals surface area (Å²) in [6.45, 7) is -0.425. The van der Waals surface area contributed by atoms with Gasteiger partial charge in [-0.25, -0.2) is 0 Å². The summed E-state index contributed by atoms with van der Waals surface area (Å²) in [5, 5.41) is 41.6. The first-order valence-electron chi connectivity index (χ1n) is 5.66. The van der Waals surface area contributed by atoms with Crippen LogP contribution in [0, 0.1) is 10.1 Å². The first-order valence-corrected chi connectivity index (χ1v) is 5.66. The lowest BCUT2D eigenvalue weighted by Crippen LogP contribution is -2.36. The van der Waals surface area contributed by atoms with Crippen molar-refractivity contribution in [2.45, 2.75) is 24.5 Å². The first-order chi connectivity index (χ1) is 9.02. The molecular weight excluding hydrogens is 256 g/mol. The number of benzene rings is 1. The zero-order chi connectivity index (χ0) is 14.0. The van der Waals surface area contributed by atoms with Crippen LogP contribution in [0.15, 0.2) is 24.3 Å². The lowest BCUT2D eigenvalue weighted by molar-refractivity contribution is -0.384. The van der Waals surface area contributed by atoms with E-state index in [-0.39, 0.29) is 5.69 Å². The minimum atomic E-state index is -1.23. The third-order valence-corrected chi connectivity index (χ3v) is 2.91. The van der Waals surface area contributed by atoms with Crippen molar-refractivity contribution in [1.29, 1.82) is 0 Å². The van der Waals surface area contributed by atoms with Gasteiger partial charge in [0.05, 0.1) is 11.5 Å². The smallest absolute Gasteiger partial charge is 0.271 e. The van der Waals surface area contributed by atoms with Gasteiger partial charge < -0.3 is 25.4 Å². The van der Waals surface area contributed by atoms with Gasteiger partial charge >= 0.3 is 0 Å². The standard InChI is InChI=1S/C11H14N2O6/c14-5-8-9(15)10(16)11(19-8)12-6-2-1-3-7(4-6)13(17)18/h1-4,8-12,14-16H,5H2/t8-,9-,10-,11+/m1/s1. The van der Waals surface area contributed by atoms with E-state index in [1.54, 1.807) is 6.07 Å². The van der Waals surface area contributed by atoms with Crippen molar-refractivity contribution < 1.29 is 25.0 Å². The topological polar surface area (TPSA) is 125 Å². The van der Waals surface area contributed by atoms with E-state index in [1.165, 1.54) is 18.2 Å². The zero-order valence-electron chi connectivity index (χ0n) is 9.84. The molecule has 4 atom stereocenters. The number of nitrogens with zero attached hydrogens (tertiary/aromatic N) is 1. The van der Waals surface area contributed by atoms with Crippen LogP contribution in [0.25, 0.3) is 0 Å². The van der Waals surface area contributed by atoms with Crippen molar-refractivity contribution in [3.05, 3.63) is 34.4 Å². The van der Waals surface area contributed by atoms with Gasteiger partial charge in [-0.15, -0.1) is 0 Å². The van der Waals surface area contributed by atoms with Crippen molar-refractivity contribution in [3.63, 3.8) is 0 Å². The van der Waals surface area contributed by atoms with Gasteiger partial charge in [-0.1, -0.05) is 6.07 Å². The molecule has 104 valence electrons. The summed E-state index contributed by atoms with van der Waals surface area (Å²) in [4.78, 5) is 10.1. The molecule has 19 heavy (non-hydrogen) atoms. The Kier molecular flexibility index (Phi) is 3.96. The molecule has 4 N–H and O–H groups in total. The summed E-state index contributed by atoms with van der Waals surface area (Å²) in [5.41, 5.74) is 0.279. The predicted octanol–water partition coefficient (Wildman–Crippen LogP) is -0.554. The second-order valence-corrected chi connectivity index (χ2v) is 4.21. The molecule has 1 heterocycles. The average molecular weight is 270 g/mol. The van der Waals surface area contributed by atoms with E-state index in [4.69, 9.17) is 9.84 Å². The van der Waals surface area contributed by atoms with Crippen molar-refractivity contribution in [3.8, 4) is 0 Å². The number of ether oxygens (including phenoxy) is 1. The number of anilines is 1. The molecule has 1 aliphatic rings. The Morgan fingerprint density at radius 2 is 2.11 bits per heavy atom. The maximum Gasteiger partial charge on any atom is 0.271 e. The van der Waals surface area contributed by atoms with Crippen LogP contribution in [0.1, 0.15) is 0 Å². The van der Waals surface area contributed by atoms with Crippen LogP contribution in [-0.4, -0.2) is 51.4 Å². The quantitative estimate of drug-likeness (QED) is 0.427. The van der Waals surface area contributed by atoms with Crippen molar-refractivity contribution >= 4 is 11.4 Å². The van der Waals surface area contributed by atoms with E-state index >= 15 is 0 Å². The van der Waals surface area contributed by atoms with Gasteiger partial charge in [0.1, 0.15) is 18.3 Å². The number of hydrogen-bond donors (Lipinski definition) is 4. The van der Waals surface area contributed by atoms with Crippen molar-refractivity contribution in [2.75, 3.05) is 11.9 Å². The first kappa shape index (κ1) is 13.7. The van der Waals surface area contributed by atoms with E-state index < -0.39 is 36.1 Å². The van der Waals surface area contributed by atoms with Gasteiger partial charge in [0, 0.05) is 17.8 Å². The largest absolute Gasteiger partial charge is 0.394 e. The molecule has 0 unspecified atom stereocenters. The van der Waals surface area contributed by atoms with Gasteiger partial charge in [0.25, 0.3) is 5.69 Å². The maximum absolute atomic E-state index is 10.6. The Balaban J connectivity index is 2.09. The van der Waals surface area contributed by atoms with E-state index in [0.717, 1.165) is 0 Å². The van der Waals surface area contributed by atoms with Crippen LogP contribution >= 0.6 is 0 Å². The van der Waals surface area contributed by atoms with Crippen molar-refractivity contribution in [1.82, 2.24) is 0 Å². The summed E-state index contributed by atoms with van der Waals surface area (Å²) in [5.74, 6) is 0. The number of non-ortho nitro benzene ring substituents is 1. The molecule has 0 radical (unpaired) electrons. The molecule has 1 aliphatic heterocycles. The summed E-state index contributed by atoms with van der Waals surface area (Å²) < 4.78 is 5.21. The number of nitro benzene ring substituents is 1. The van der Waals surface area contributed by atoms with Gasteiger partial charge in [-0.3, -0.25) is 10.1 Å². The number of aliphatic hydroxyl groups excluding tert-OH is 3. The molecule has 0 spiro atoms. The molecule has 2 rings (SSSR count). The number of aliphatic hydroxyl groups is 3. The fourth-order valence-electron chi connectivity index (χ4n) is 1.89. The van der Waals surface area contributed by atoms with Crippen molar-refractivity contribution in [2.24, 2.45) is 0 Å². The van der Waals surface area contributed by atoms with Crippen LogP contribution < -0.4 is 5.32 Å². The average Bonchev–Trinajstić information content (AvgIpc) is 2.67. The van der Waals surface area contributed by atoms with Crippen LogP contribution in [0.2, 0.25) is 0 Å². The molecule has 1 aromatic carbocycles. The molecule has 0 amide bonds. The summed E-state index contributed by atoms with van der Waals surface area (Å²) in [6.07, 6.45) is -4.25. The van der Waals surface area contributed by atoms with E-state index in [9.17, 15) is 20.3 Å². The number of nitrogens with one attached hydrogen (secondary N) is 1. The van der Waals surface area contributed by atoms with E-state index in [2.05, 4.69) is 5.32 Å². The highest BCUT2D eigenvalue weighted by molar-refractivity contribution is 5.51. The lowest BCUT2D eigenvalue weighted by atomic mass is 10.1. The van der Waals surface area contributed by atoms with Crippen LogP contribution in [0.5, 0.6) is 0 Å². The second kappa shape index (κ2) is 5.49. The molecule has 8 heteroatoms. The molecule has 0 bridgehead atoms. The Hall–Kier alpha value is -1.74. The molecule has 0 aromatic heterocycles. The van der Waals surface area contributed by atoms with E-state index in [1.807, 2.05) is 0 Å². The van der Waals surface area contributed by atoms with E-state index in [0.29, 0.717) is 5.69 Å². The highest BCUT2D eigenvalue weighted by atomic mass is 16.6. The summed E-state index contributed by atoms with van der Waals surface area (Å²) in [6, 6.07) is 5.68. The molecule has 8 nitrogen and oxygen atoms in total. The number of hydrogen-bond acceptors (Lipinski definition) is 7. The number of rotatable bonds is 4. The fraction of sp³-hybridized carbons (Fsp3) is 0.455. The lowest BCUT2D eigenvalue weighted by Gasteiger charge is -2.17. The SMILES string of the molecule is O=[N+]([O-])c1cccc(N[C@H]2O[C@H](CO)[C@@H](O)[C@H]2O)c1. The Morgan fingerprint density at radius 1 is 1.37 bits per heavy atom. The molecule has 0 saturated carbocycles. The highest BCUT2D eigenvalue weighted by Crippen LogP contribution is 2.24. The predicted molar refractivity (Wildman–Crippen MR) is 64.5 cm³/mol. The Bertz CT molecular complexity index is 468. The summed E-state index contributed by atoms with van der Waals surface area (Å²) in [7, 11) is 0. The molecule has 1 aromatic rings. The van der Waals surface area contributed by atoms with Crippen LogP contribution in [0.3, 0.4) is 0 Å². The minimum absolute atomic E-state index is 0.100. The minimum Gasteiger partial charge on any atom is -0.394 e. The fourth-order valence-corrected chi connectivity index (χ4v) is 1.89. The normalized spacial score (nSPS) is 30.3. The molecule has 0 aliphatic carbocycles. The van der Waals surface area contributed by atoms with Gasteiger partial charge in [-0.2, -0.15) is 0 Å². The molecule has 1 fully saturated rings. The van der Waals surface area contributed by atoms with Gasteiger partial charge in [0.2, 0.25) is 0 Å². The van der Waals surface area contributed by atoms with Crippen LogP contribution in [0.4, 0.5) is 11.4 Å². The molecule has 1 saturated heterocycles. The van der Waals surface area contributed by atoms with Crippen LogP contribution in [-0.2, 0) is 4.74 Å². The van der Waals surface area contributed by atoms with Gasteiger partial charge in [0.15, 0.2) is 6.23 Å². The third-order valence-electron chi connectivity index (χ3n) is 2.91. The Morgan fingerprint density at radius 3 is 2.68 bits per heavy atom. The zero-order valence-corrected chi connectivity index (χ0v) is 9.84. The summed E-state index contributed by atoms with van der Waals surface area (Å²) >= 11 is 0. The maximum atomic E-state index is 10.6. The monoisotopic (exact) mass is 270 g/mol.